The summed E-state index contributed by atoms with van der Waals surface area (Å²) in [6.45, 7) is 1.09. The predicted octanol–water partition coefficient (Wildman–Crippen LogP) is 3.37. The van der Waals surface area contributed by atoms with E-state index in [1.165, 1.54) is 0 Å². The van der Waals surface area contributed by atoms with Crippen molar-refractivity contribution < 1.29 is 14.3 Å². The standard InChI is InChI=1S/C20H18N2O3/c1-22(2)20(23)15-12-17(21-16-6-4-3-5-14(15)16)13-7-8-18-19(11-13)25-10-9-24-18/h3-8,11-12H,9-10H2,1-2H3. The summed E-state index contributed by atoms with van der Waals surface area (Å²) in [5.74, 6) is 1.40. The van der Waals surface area contributed by atoms with Gasteiger partial charge in [0.2, 0.25) is 0 Å². The number of rotatable bonds is 2. The Morgan fingerprint density at radius 1 is 1.00 bits per heavy atom. The number of ether oxygens (including phenoxy) is 2. The zero-order valence-electron chi connectivity index (χ0n) is 14.2. The van der Waals surface area contributed by atoms with Gasteiger partial charge in [-0.05, 0) is 30.3 Å². The van der Waals surface area contributed by atoms with E-state index in [0.29, 0.717) is 24.5 Å². The Morgan fingerprint density at radius 2 is 1.76 bits per heavy atom. The van der Waals surface area contributed by atoms with E-state index < -0.39 is 0 Å². The second kappa shape index (κ2) is 6.09. The molecule has 0 radical (unpaired) electrons. The van der Waals surface area contributed by atoms with E-state index in [1.54, 1.807) is 19.0 Å². The second-order valence-electron chi connectivity index (χ2n) is 6.13. The van der Waals surface area contributed by atoms with Crippen molar-refractivity contribution in [3.8, 4) is 22.8 Å². The Kier molecular flexibility index (Phi) is 3.76. The molecule has 5 heteroatoms. The van der Waals surface area contributed by atoms with Gasteiger partial charge in [0.05, 0.1) is 16.8 Å². The van der Waals surface area contributed by atoms with Crippen molar-refractivity contribution in [1.29, 1.82) is 0 Å². The van der Waals surface area contributed by atoms with Crippen LogP contribution in [0.5, 0.6) is 11.5 Å². The summed E-state index contributed by atoms with van der Waals surface area (Å²) in [7, 11) is 3.50. The summed E-state index contributed by atoms with van der Waals surface area (Å²) in [5.41, 5.74) is 3.06. The lowest BCUT2D eigenvalue weighted by Gasteiger charge is -2.19. The fourth-order valence-corrected chi connectivity index (χ4v) is 2.94. The summed E-state index contributed by atoms with van der Waals surface area (Å²) >= 11 is 0. The highest BCUT2D eigenvalue weighted by molar-refractivity contribution is 6.07. The number of carbonyl (C=O) groups excluding carboxylic acids is 1. The van der Waals surface area contributed by atoms with Gasteiger partial charge in [0.1, 0.15) is 13.2 Å². The zero-order chi connectivity index (χ0) is 17.4. The second-order valence-corrected chi connectivity index (χ2v) is 6.13. The highest BCUT2D eigenvalue weighted by Crippen LogP contribution is 2.35. The maximum absolute atomic E-state index is 12.6. The van der Waals surface area contributed by atoms with Crippen molar-refractivity contribution in [3.63, 3.8) is 0 Å². The molecule has 1 aliphatic rings. The first kappa shape index (κ1) is 15.4. The van der Waals surface area contributed by atoms with Crippen LogP contribution < -0.4 is 9.47 Å². The van der Waals surface area contributed by atoms with E-state index in [-0.39, 0.29) is 5.91 Å². The number of carbonyl (C=O) groups is 1. The summed E-state index contributed by atoms with van der Waals surface area (Å²) in [6, 6.07) is 15.3. The molecule has 2 aromatic carbocycles. The lowest BCUT2D eigenvalue weighted by atomic mass is 10.0. The Labute approximate surface area is 145 Å². The van der Waals surface area contributed by atoms with Crippen molar-refractivity contribution in [2.24, 2.45) is 0 Å². The predicted molar refractivity (Wildman–Crippen MR) is 96.2 cm³/mol. The van der Waals surface area contributed by atoms with Crippen LogP contribution in [-0.2, 0) is 0 Å². The van der Waals surface area contributed by atoms with E-state index in [2.05, 4.69) is 0 Å². The molecule has 2 heterocycles. The summed E-state index contributed by atoms with van der Waals surface area (Å²) in [6.07, 6.45) is 0. The van der Waals surface area contributed by atoms with Crippen LogP contribution in [0.4, 0.5) is 0 Å². The highest BCUT2D eigenvalue weighted by atomic mass is 16.6. The molecule has 0 N–H and O–H groups in total. The molecule has 0 atom stereocenters. The maximum atomic E-state index is 12.6. The van der Waals surface area contributed by atoms with Gasteiger partial charge in [0.15, 0.2) is 11.5 Å². The molecule has 0 saturated carbocycles. The molecule has 1 aromatic heterocycles. The molecule has 1 aliphatic heterocycles. The number of nitrogens with zero attached hydrogens (tertiary/aromatic N) is 2. The highest BCUT2D eigenvalue weighted by Gasteiger charge is 2.17. The fraction of sp³-hybridized carbons (Fsp3) is 0.200. The molecule has 0 unspecified atom stereocenters. The van der Waals surface area contributed by atoms with Crippen LogP contribution >= 0.6 is 0 Å². The number of hydrogen-bond acceptors (Lipinski definition) is 4. The van der Waals surface area contributed by atoms with E-state index in [1.807, 2.05) is 48.5 Å². The van der Waals surface area contributed by atoms with Gasteiger partial charge in [-0.15, -0.1) is 0 Å². The van der Waals surface area contributed by atoms with Gasteiger partial charge in [0, 0.05) is 25.0 Å². The minimum atomic E-state index is -0.0441. The SMILES string of the molecule is CN(C)C(=O)c1cc(-c2ccc3c(c2)OCCO3)nc2ccccc12. The molecule has 25 heavy (non-hydrogen) atoms. The molecule has 0 spiro atoms. The van der Waals surface area contributed by atoms with E-state index in [4.69, 9.17) is 14.5 Å². The number of hydrogen-bond donors (Lipinski definition) is 0. The smallest absolute Gasteiger partial charge is 0.254 e. The molecule has 0 fully saturated rings. The Balaban J connectivity index is 1.89. The molecule has 0 aliphatic carbocycles. The van der Waals surface area contributed by atoms with Crippen LogP contribution in [0.25, 0.3) is 22.2 Å². The molecule has 4 rings (SSSR count). The maximum Gasteiger partial charge on any atom is 0.254 e. The summed E-state index contributed by atoms with van der Waals surface area (Å²) < 4.78 is 11.2. The number of para-hydroxylation sites is 1. The minimum absolute atomic E-state index is 0.0441. The quantitative estimate of drug-likeness (QED) is 0.721. The van der Waals surface area contributed by atoms with Crippen LogP contribution in [0.1, 0.15) is 10.4 Å². The molecular formula is C20H18N2O3. The summed E-state index contributed by atoms with van der Waals surface area (Å²) in [4.78, 5) is 18.9. The average Bonchev–Trinajstić information content (AvgIpc) is 2.66. The number of amides is 1. The van der Waals surface area contributed by atoms with Gasteiger partial charge in [-0.3, -0.25) is 4.79 Å². The van der Waals surface area contributed by atoms with E-state index >= 15 is 0 Å². The molecular weight excluding hydrogens is 316 g/mol. The van der Waals surface area contributed by atoms with Crippen LogP contribution in [0.2, 0.25) is 0 Å². The zero-order valence-corrected chi connectivity index (χ0v) is 14.2. The average molecular weight is 334 g/mol. The molecule has 0 bridgehead atoms. The first-order chi connectivity index (χ1) is 12.1. The van der Waals surface area contributed by atoms with Crippen LogP contribution in [-0.4, -0.2) is 43.1 Å². The van der Waals surface area contributed by atoms with Crippen molar-refractivity contribution in [1.82, 2.24) is 9.88 Å². The van der Waals surface area contributed by atoms with Gasteiger partial charge < -0.3 is 14.4 Å². The number of benzene rings is 2. The van der Waals surface area contributed by atoms with Gasteiger partial charge in [-0.25, -0.2) is 4.98 Å². The lowest BCUT2D eigenvalue weighted by Crippen LogP contribution is -2.22. The topological polar surface area (TPSA) is 51.7 Å². The van der Waals surface area contributed by atoms with Crippen LogP contribution in [0, 0.1) is 0 Å². The van der Waals surface area contributed by atoms with Crippen molar-refractivity contribution >= 4 is 16.8 Å². The van der Waals surface area contributed by atoms with Crippen LogP contribution in [0.3, 0.4) is 0 Å². The lowest BCUT2D eigenvalue weighted by molar-refractivity contribution is 0.0829. The van der Waals surface area contributed by atoms with Gasteiger partial charge >= 0.3 is 0 Å². The van der Waals surface area contributed by atoms with Gasteiger partial charge in [-0.1, -0.05) is 18.2 Å². The number of aromatic nitrogens is 1. The molecule has 1 amide bonds. The summed E-state index contributed by atoms with van der Waals surface area (Å²) in [5, 5.41) is 0.850. The van der Waals surface area contributed by atoms with E-state index in [9.17, 15) is 4.79 Å². The van der Waals surface area contributed by atoms with E-state index in [0.717, 1.165) is 27.9 Å². The monoisotopic (exact) mass is 334 g/mol. The van der Waals surface area contributed by atoms with Crippen molar-refractivity contribution in [2.45, 2.75) is 0 Å². The fourth-order valence-electron chi connectivity index (χ4n) is 2.94. The molecule has 3 aromatic rings. The third-order valence-electron chi connectivity index (χ3n) is 4.19. The minimum Gasteiger partial charge on any atom is -0.486 e. The third kappa shape index (κ3) is 2.78. The number of fused-ring (bicyclic) bond motifs is 2. The van der Waals surface area contributed by atoms with Crippen molar-refractivity contribution in [2.75, 3.05) is 27.3 Å². The normalized spacial score (nSPS) is 12.9. The molecule has 5 nitrogen and oxygen atoms in total. The Bertz CT molecular complexity index is 966. The molecule has 126 valence electrons. The largest absolute Gasteiger partial charge is 0.486 e. The van der Waals surface area contributed by atoms with Gasteiger partial charge in [-0.2, -0.15) is 0 Å². The third-order valence-corrected chi connectivity index (χ3v) is 4.19. The first-order valence-corrected chi connectivity index (χ1v) is 8.15. The number of pyridine rings is 1. The van der Waals surface area contributed by atoms with Crippen LogP contribution in [0.15, 0.2) is 48.5 Å². The van der Waals surface area contributed by atoms with Gasteiger partial charge in [0.25, 0.3) is 5.91 Å². The van der Waals surface area contributed by atoms with Crippen molar-refractivity contribution in [3.05, 3.63) is 54.1 Å². The molecule has 0 saturated heterocycles. The first-order valence-electron chi connectivity index (χ1n) is 8.15. The Morgan fingerprint density at radius 3 is 2.56 bits per heavy atom. The Hall–Kier alpha value is -3.08.